The van der Waals surface area contributed by atoms with E-state index in [9.17, 15) is 9.59 Å². The van der Waals surface area contributed by atoms with Gasteiger partial charge in [-0.25, -0.2) is 0 Å². The second kappa shape index (κ2) is 5.98. The Labute approximate surface area is 154 Å². The van der Waals surface area contributed by atoms with Crippen LogP contribution in [0.2, 0.25) is 0 Å². The van der Waals surface area contributed by atoms with E-state index in [2.05, 4.69) is 0 Å². The average molecular weight is 402 g/mol. The van der Waals surface area contributed by atoms with Crippen molar-refractivity contribution in [1.29, 1.82) is 0 Å². The van der Waals surface area contributed by atoms with Crippen molar-refractivity contribution in [2.75, 3.05) is 14.2 Å². The van der Waals surface area contributed by atoms with Crippen LogP contribution in [0.3, 0.4) is 0 Å². The highest BCUT2D eigenvalue weighted by Gasteiger charge is 2.69. The van der Waals surface area contributed by atoms with Gasteiger partial charge in [-0.3, -0.25) is 9.59 Å². The Morgan fingerprint density at radius 2 is 1.35 bits per heavy atom. The lowest BCUT2D eigenvalue weighted by molar-refractivity contribution is -0.178. The molecule has 0 aliphatic heterocycles. The zero-order valence-electron chi connectivity index (χ0n) is 12.4. The van der Waals surface area contributed by atoms with E-state index in [4.69, 9.17) is 55.9 Å². The average Bonchev–Trinajstić information content (AvgIpc) is 2.49. The van der Waals surface area contributed by atoms with Gasteiger partial charge >= 0.3 is 11.9 Å². The molecule has 0 aromatic heterocycles. The third kappa shape index (κ3) is 2.48. The molecule has 0 amide bonds. The molecule has 2 saturated carbocycles. The largest absolute Gasteiger partial charge is 0.469 e. The Balaban J connectivity index is 2.01. The molecule has 0 spiro atoms. The molecule has 0 N–H and O–H groups in total. The lowest BCUT2D eigenvalue weighted by Crippen LogP contribution is -2.67. The van der Waals surface area contributed by atoms with Crippen LogP contribution in [-0.2, 0) is 19.1 Å². The van der Waals surface area contributed by atoms with Crippen LogP contribution in [0.5, 0.6) is 0 Å². The van der Waals surface area contributed by atoms with Gasteiger partial charge in [-0.05, 0) is 23.7 Å². The molecule has 4 rings (SSSR count). The summed E-state index contributed by atoms with van der Waals surface area (Å²) >= 11 is 24.8. The normalized spacial score (nSPS) is 44.3. The Morgan fingerprint density at radius 1 is 0.913 bits per heavy atom. The number of esters is 2. The molecule has 0 radical (unpaired) electrons. The zero-order chi connectivity index (χ0) is 17.1. The van der Waals surface area contributed by atoms with Gasteiger partial charge in [-0.2, -0.15) is 0 Å². The maximum absolute atomic E-state index is 12.3. The topological polar surface area (TPSA) is 52.6 Å². The first-order valence-corrected chi connectivity index (χ1v) is 8.85. The molecular weight excluding hydrogens is 386 g/mol. The number of carbonyl (C=O) groups is 2. The highest BCUT2D eigenvalue weighted by molar-refractivity contribution is 6.68. The van der Waals surface area contributed by atoms with E-state index in [0.29, 0.717) is 0 Å². The summed E-state index contributed by atoms with van der Waals surface area (Å²) in [5.74, 6) is -3.04. The second-order valence-electron chi connectivity index (χ2n) is 6.30. The standard InChI is InChI=1S/C15H16Cl4O4/c1-22-13(20)9-5-3-4-6(10(9)14(21)23-2)8-7(5)11(12(8)16)15(17,18)19/h3-12H,1-2H3/t5-,6+,7?,8+,9+,10-,11?,12+/m0/s1. The quantitative estimate of drug-likeness (QED) is 0.405. The van der Waals surface area contributed by atoms with Crippen LogP contribution in [0.15, 0.2) is 12.2 Å². The van der Waals surface area contributed by atoms with Crippen molar-refractivity contribution in [3.05, 3.63) is 12.2 Å². The van der Waals surface area contributed by atoms with Gasteiger partial charge in [0.15, 0.2) is 3.79 Å². The fraction of sp³-hybridized carbons (Fsp3) is 0.733. The van der Waals surface area contributed by atoms with E-state index in [1.807, 2.05) is 12.2 Å². The molecule has 2 unspecified atom stereocenters. The predicted molar refractivity (Wildman–Crippen MR) is 87.5 cm³/mol. The number of allylic oxidation sites excluding steroid dienone is 2. The fourth-order valence-corrected chi connectivity index (χ4v) is 6.44. The number of methoxy groups -OCH3 is 2. The van der Waals surface area contributed by atoms with Crippen LogP contribution in [0.1, 0.15) is 0 Å². The molecule has 4 aliphatic carbocycles. The molecule has 0 saturated heterocycles. The summed E-state index contributed by atoms with van der Waals surface area (Å²) in [5.41, 5.74) is 0. The summed E-state index contributed by atoms with van der Waals surface area (Å²) in [6.45, 7) is 0. The van der Waals surface area contributed by atoms with Gasteiger partial charge in [-0.1, -0.05) is 47.0 Å². The minimum atomic E-state index is -1.51. The van der Waals surface area contributed by atoms with Gasteiger partial charge in [0.1, 0.15) is 0 Å². The number of carbonyl (C=O) groups excluding carboxylic acids is 2. The Morgan fingerprint density at radius 3 is 1.74 bits per heavy atom. The van der Waals surface area contributed by atoms with Crippen LogP contribution < -0.4 is 0 Å². The van der Waals surface area contributed by atoms with Gasteiger partial charge in [0, 0.05) is 11.3 Å². The van der Waals surface area contributed by atoms with E-state index in [-0.39, 0.29) is 35.0 Å². The van der Waals surface area contributed by atoms with Crippen molar-refractivity contribution in [1.82, 2.24) is 0 Å². The van der Waals surface area contributed by atoms with E-state index in [1.54, 1.807) is 0 Å². The number of fused-ring (bicyclic) bond motifs is 1. The maximum atomic E-state index is 12.3. The highest BCUT2D eigenvalue weighted by Crippen LogP contribution is 2.67. The molecule has 4 aliphatic rings. The van der Waals surface area contributed by atoms with Crippen molar-refractivity contribution in [2.24, 2.45) is 41.4 Å². The van der Waals surface area contributed by atoms with Crippen LogP contribution >= 0.6 is 46.4 Å². The zero-order valence-corrected chi connectivity index (χ0v) is 15.4. The van der Waals surface area contributed by atoms with Gasteiger partial charge in [0.2, 0.25) is 0 Å². The van der Waals surface area contributed by atoms with Crippen molar-refractivity contribution in [3.63, 3.8) is 0 Å². The molecule has 2 fully saturated rings. The maximum Gasteiger partial charge on any atom is 0.310 e. The molecule has 0 heterocycles. The Bertz CT molecular complexity index is 558. The van der Waals surface area contributed by atoms with E-state index in [0.717, 1.165) is 0 Å². The molecule has 128 valence electrons. The molecule has 0 aromatic rings. The van der Waals surface area contributed by atoms with Crippen molar-refractivity contribution in [3.8, 4) is 0 Å². The van der Waals surface area contributed by atoms with Crippen LogP contribution in [-0.4, -0.2) is 35.3 Å². The highest BCUT2D eigenvalue weighted by atomic mass is 35.6. The third-order valence-corrected chi connectivity index (χ3v) is 6.87. The van der Waals surface area contributed by atoms with Crippen LogP contribution in [0, 0.1) is 41.4 Å². The Kier molecular flexibility index (Phi) is 4.59. The number of alkyl halides is 4. The summed E-state index contributed by atoms with van der Waals surface area (Å²) < 4.78 is 8.30. The predicted octanol–water partition coefficient (Wildman–Crippen LogP) is 3.22. The van der Waals surface area contributed by atoms with Gasteiger partial charge in [0.05, 0.1) is 26.1 Å². The minimum absolute atomic E-state index is 0.0164. The first-order valence-electron chi connectivity index (χ1n) is 7.28. The number of rotatable bonds is 2. The van der Waals surface area contributed by atoms with Gasteiger partial charge in [0.25, 0.3) is 0 Å². The molecule has 4 nitrogen and oxygen atoms in total. The summed E-state index contributed by atoms with van der Waals surface area (Å²) in [7, 11) is 2.61. The molecule has 0 aromatic carbocycles. The van der Waals surface area contributed by atoms with Gasteiger partial charge < -0.3 is 9.47 Å². The van der Waals surface area contributed by atoms with Crippen molar-refractivity contribution >= 4 is 58.3 Å². The monoisotopic (exact) mass is 400 g/mol. The van der Waals surface area contributed by atoms with Gasteiger partial charge in [-0.15, -0.1) is 11.6 Å². The third-order valence-electron chi connectivity index (χ3n) is 5.56. The number of hydrogen-bond donors (Lipinski definition) is 0. The summed E-state index contributed by atoms with van der Waals surface area (Å²) in [4.78, 5) is 24.6. The van der Waals surface area contributed by atoms with Crippen molar-refractivity contribution < 1.29 is 19.1 Å². The molecular formula is C15H16Cl4O4. The lowest BCUT2D eigenvalue weighted by atomic mass is 9.43. The van der Waals surface area contributed by atoms with E-state index >= 15 is 0 Å². The molecule has 23 heavy (non-hydrogen) atoms. The summed E-state index contributed by atoms with van der Waals surface area (Å²) in [5, 5.41) is -0.365. The van der Waals surface area contributed by atoms with Crippen molar-refractivity contribution in [2.45, 2.75) is 9.17 Å². The number of hydrogen-bond acceptors (Lipinski definition) is 4. The molecule has 8 atom stereocenters. The molecule has 8 heteroatoms. The minimum Gasteiger partial charge on any atom is -0.469 e. The smallest absolute Gasteiger partial charge is 0.310 e. The molecule has 2 bridgehead atoms. The second-order valence-corrected chi connectivity index (χ2v) is 9.18. The fourth-order valence-electron chi connectivity index (χ4n) is 4.71. The summed E-state index contributed by atoms with van der Waals surface area (Å²) in [6.07, 6.45) is 3.87. The van der Waals surface area contributed by atoms with E-state index in [1.165, 1.54) is 14.2 Å². The first kappa shape index (κ1) is 17.7. The van der Waals surface area contributed by atoms with Crippen LogP contribution in [0.4, 0.5) is 0 Å². The van der Waals surface area contributed by atoms with E-state index < -0.39 is 27.6 Å². The van der Waals surface area contributed by atoms with Crippen LogP contribution in [0.25, 0.3) is 0 Å². The Hall–Kier alpha value is -0.160. The SMILES string of the molecule is COC(=O)[C@H]1[C@@H]2C=C[C@@H](C3C(C(Cl)(Cl)Cl)[C@H](Cl)[C@@H]32)[C@H]1C(=O)OC. The number of halogens is 4. The number of ether oxygens (including phenoxy) is 2. The summed E-state index contributed by atoms with van der Waals surface area (Å²) in [6, 6.07) is 0. The first-order chi connectivity index (χ1) is 10.7. The lowest BCUT2D eigenvalue weighted by Gasteiger charge is -2.64.